The standard InChI is InChI=1S/C18H18N6O2S/c25-17(22-12-1-3-14(4-2-12)24-11-20-10-21-24)15-5-6-16(27-15)18(26)23-13-7-8-19-9-13/h1-6,10-11,13,19H,7-9H2,(H,22,25)(H,23,26)/t13-/m1/s1. The fourth-order valence-corrected chi connectivity index (χ4v) is 3.65. The molecule has 0 saturated carbocycles. The van der Waals surface area contributed by atoms with E-state index in [-0.39, 0.29) is 17.9 Å². The summed E-state index contributed by atoms with van der Waals surface area (Å²) in [6.07, 6.45) is 3.99. The van der Waals surface area contributed by atoms with Gasteiger partial charge in [0.2, 0.25) is 0 Å². The van der Waals surface area contributed by atoms with Gasteiger partial charge in [-0.25, -0.2) is 9.67 Å². The number of anilines is 1. The van der Waals surface area contributed by atoms with Gasteiger partial charge >= 0.3 is 0 Å². The van der Waals surface area contributed by atoms with Crippen LogP contribution in [0.5, 0.6) is 0 Å². The monoisotopic (exact) mass is 382 g/mol. The van der Waals surface area contributed by atoms with E-state index in [1.807, 2.05) is 12.1 Å². The molecule has 0 radical (unpaired) electrons. The van der Waals surface area contributed by atoms with Gasteiger partial charge in [-0.3, -0.25) is 9.59 Å². The third-order valence-corrected chi connectivity index (χ3v) is 5.34. The minimum absolute atomic E-state index is 0.134. The highest BCUT2D eigenvalue weighted by molar-refractivity contribution is 7.16. The Hall–Kier alpha value is -3.04. The lowest BCUT2D eigenvalue weighted by Gasteiger charge is -2.09. The van der Waals surface area contributed by atoms with Crippen LogP contribution in [0.25, 0.3) is 5.69 Å². The molecule has 4 rings (SSSR count). The first kappa shape index (κ1) is 17.4. The van der Waals surface area contributed by atoms with E-state index in [4.69, 9.17) is 0 Å². The van der Waals surface area contributed by atoms with Crippen molar-refractivity contribution in [3.63, 3.8) is 0 Å². The molecule has 9 heteroatoms. The quantitative estimate of drug-likeness (QED) is 0.623. The van der Waals surface area contributed by atoms with Crippen LogP contribution in [-0.2, 0) is 0 Å². The lowest BCUT2D eigenvalue weighted by molar-refractivity contribution is 0.0943. The Balaban J connectivity index is 1.38. The summed E-state index contributed by atoms with van der Waals surface area (Å²) in [7, 11) is 0. The molecule has 1 atom stereocenters. The summed E-state index contributed by atoms with van der Waals surface area (Å²) in [5.41, 5.74) is 1.52. The maximum atomic E-state index is 12.4. The Kier molecular flexibility index (Phi) is 4.95. The molecule has 1 saturated heterocycles. The second kappa shape index (κ2) is 7.68. The molecule has 3 aromatic rings. The minimum atomic E-state index is -0.241. The summed E-state index contributed by atoms with van der Waals surface area (Å²) in [5.74, 6) is -0.375. The van der Waals surface area contributed by atoms with Crippen molar-refractivity contribution >= 4 is 28.8 Å². The van der Waals surface area contributed by atoms with Crippen LogP contribution in [0, 0.1) is 0 Å². The SMILES string of the molecule is O=C(Nc1ccc(-n2cncn2)cc1)c1ccc(C(=O)N[C@@H]2CCNC2)s1. The smallest absolute Gasteiger partial charge is 0.265 e. The number of benzene rings is 1. The van der Waals surface area contributed by atoms with Gasteiger partial charge in [-0.05, 0) is 49.4 Å². The zero-order valence-electron chi connectivity index (χ0n) is 14.4. The molecule has 138 valence electrons. The van der Waals surface area contributed by atoms with E-state index >= 15 is 0 Å². The highest BCUT2D eigenvalue weighted by atomic mass is 32.1. The summed E-state index contributed by atoms with van der Waals surface area (Å²) in [6.45, 7) is 1.70. The first-order valence-corrected chi connectivity index (χ1v) is 9.38. The molecule has 3 N–H and O–H groups in total. The van der Waals surface area contributed by atoms with Gasteiger partial charge < -0.3 is 16.0 Å². The molecule has 1 aromatic carbocycles. The predicted molar refractivity (Wildman–Crippen MR) is 102 cm³/mol. The minimum Gasteiger partial charge on any atom is -0.347 e. The van der Waals surface area contributed by atoms with Gasteiger partial charge in [-0.15, -0.1) is 11.3 Å². The summed E-state index contributed by atoms with van der Waals surface area (Å²) >= 11 is 1.19. The van der Waals surface area contributed by atoms with Crippen molar-refractivity contribution in [3.8, 4) is 5.69 Å². The molecule has 27 heavy (non-hydrogen) atoms. The van der Waals surface area contributed by atoms with Gasteiger partial charge in [0.05, 0.1) is 15.4 Å². The maximum Gasteiger partial charge on any atom is 0.265 e. The zero-order chi connectivity index (χ0) is 18.6. The van der Waals surface area contributed by atoms with Crippen molar-refractivity contribution in [1.82, 2.24) is 25.4 Å². The van der Waals surface area contributed by atoms with Crippen LogP contribution in [0.1, 0.15) is 25.8 Å². The number of hydrogen-bond donors (Lipinski definition) is 3. The lowest BCUT2D eigenvalue weighted by Crippen LogP contribution is -2.35. The van der Waals surface area contributed by atoms with Crippen LogP contribution < -0.4 is 16.0 Å². The third-order valence-electron chi connectivity index (χ3n) is 4.26. The highest BCUT2D eigenvalue weighted by Crippen LogP contribution is 2.19. The van der Waals surface area contributed by atoms with Crippen LogP contribution in [0.3, 0.4) is 0 Å². The van der Waals surface area contributed by atoms with Crippen molar-refractivity contribution in [2.45, 2.75) is 12.5 Å². The number of carbonyl (C=O) groups is 2. The molecular formula is C18H18N6O2S. The Labute approximate surface area is 159 Å². The van der Waals surface area contributed by atoms with Gasteiger partial charge in [0.25, 0.3) is 11.8 Å². The Morgan fingerprint density at radius 1 is 1.11 bits per heavy atom. The van der Waals surface area contributed by atoms with Crippen molar-refractivity contribution in [2.75, 3.05) is 18.4 Å². The normalized spacial score (nSPS) is 16.2. The molecule has 0 spiro atoms. The largest absolute Gasteiger partial charge is 0.347 e. The van der Waals surface area contributed by atoms with Crippen molar-refractivity contribution in [1.29, 1.82) is 0 Å². The van der Waals surface area contributed by atoms with E-state index in [1.54, 1.807) is 35.3 Å². The Bertz CT molecular complexity index is 929. The molecule has 1 aliphatic rings. The molecule has 0 unspecified atom stereocenters. The first-order chi connectivity index (χ1) is 13.2. The van der Waals surface area contributed by atoms with Gasteiger partial charge in [0, 0.05) is 18.3 Å². The molecule has 1 fully saturated rings. The molecule has 3 heterocycles. The molecule has 8 nitrogen and oxygen atoms in total. The summed E-state index contributed by atoms with van der Waals surface area (Å²) in [4.78, 5) is 29.6. The van der Waals surface area contributed by atoms with Gasteiger partial charge in [-0.2, -0.15) is 5.10 Å². The number of amides is 2. The number of carbonyl (C=O) groups excluding carboxylic acids is 2. The van der Waals surface area contributed by atoms with E-state index in [0.29, 0.717) is 15.4 Å². The molecule has 0 bridgehead atoms. The fourth-order valence-electron chi connectivity index (χ4n) is 2.85. The summed E-state index contributed by atoms with van der Waals surface area (Å²) in [6, 6.07) is 10.8. The third kappa shape index (κ3) is 4.04. The number of hydrogen-bond acceptors (Lipinski definition) is 6. The van der Waals surface area contributed by atoms with Crippen LogP contribution in [0.4, 0.5) is 5.69 Å². The van der Waals surface area contributed by atoms with E-state index < -0.39 is 0 Å². The second-order valence-electron chi connectivity index (χ2n) is 6.17. The van der Waals surface area contributed by atoms with E-state index in [1.165, 1.54) is 17.7 Å². The summed E-state index contributed by atoms with van der Waals surface area (Å²) in [5, 5.41) is 13.1. The van der Waals surface area contributed by atoms with Gasteiger partial charge in [0.15, 0.2) is 0 Å². The number of aromatic nitrogens is 3. The van der Waals surface area contributed by atoms with Crippen molar-refractivity contribution in [2.24, 2.45) is 0 Å². The van der Waals surface area contributed by atoms with Crippen molar-refractivity contribution < 1.29 is 9.59 Å². The molecule has 2 amide bonds. The first-order valence-electron chi connectivity index (χ1n) is 8.57. The number of rotatable bonds is 5. The molecule has 2 aromatic heterocycles. The number of thiophene rings is 1. The van der Waals surface area contributed by atoms with E-state index in [0.717, 1.165) is 25.2 Å². The Morgan fingerprint density at radius 2 is 1.89 bits per heavy atom. The maximum absolute atomic E-state index is 12.4. The number of nitrogens with one attached hydrogen (secondary N) is 3. The molecule has 0 aliphatic carbocycles. The average molecular weight is 382 g/mol. The van der Waals surface area contributed by atoms with Gasteiger partial charge in [-0.1, -0.05) is 0 Å². The van der Waals surface area contributed by atoms with E-state index in [2.05, 4.69) is 26.0 Å². The van der Waals surface area contributed by atoms with Crippen LogP contribution in [0.15, 0.2) is 49.1 Å². The topological polar surface area (TPSA) is 101 Å². The fraction of sp³-hybridized carbons (Fsp3) is 0.222. The Morgan fingerprint density at radius 3 is 2.56 bits per heavy atom. The number of nitrogens with zero attached hydrogens (tertiary/aromatic N) is 3. The summed E-state index contributed by atoms with van der Waals surface area (Å²) < 4.78 is 1.63. The predicted octanol–water partition coefficient (Wildman–Crippen LogP) is 1.67. The van der Waals surface area contributed by atoms with E-state index in [9.17, 15) is 9.59 Å². The molecular weight excluding hydrogens is 364 g/mol. The van der Waals surface area contributed by atoms with Crippen LogP contribution in [0.2, 0.25) is 0 Å². The van der Waals surface area contributed by atoms with Crippen LogP contribution >= 0.6 is 11.3 Å². The average Bonchev–Trinajstić information content (AvgIpc) is 3.44. The highest BCUT2D eigenvalue weighted by Gasteiger charge is 2.19. The molecule has 1 aliphatic heterocycles. The zero-order valence-corrected chi connectivity index (χ0v) is 15.2. The van der Waals surface area contributed by atoms with Gasteiger partial charge in [0.1, 0.15) is 12.7 Å². The lowest BCUT2D eigenvalue weighted by atomic mass is 10.2. The van der Waals surface area contributed by atoms with Crippen LogP contribution in [-0.4, -0.2) is 45.7 Å². The second-order valence-corrected chi connectivity index (χ2v) is 7.25. The van der Waals surface area contributed by atoms with Crippen molar-refractivity contribution in [3.05, 3.63) is 58.8 Å².